The molecule has 1 aliphatic rings. The molecule has 3 heterocycles. The topological polar surface area (TPSA) is 90.7 Å². The standard InChI is InChI=1S/C16H22N4O3/c1-15(2,3)16(7-4-5-8-19(16)14(22)23)11-10-12-17-13(21)6-9-20(12)18-11/h6,9-10H,4-5,7-8H2,1-3H3,(H,17,21)(H,22,23)/t16-/m1/s1. The Morgan fingerprint density at radius 2 is 2.13 bits per heavy atom. The molecule has 0 unspecified atom stereocenters. The summed E-state index contributed by atoms with van der Waals surface area (Å²) in [7, 11) is 0. The van der Waals surface area contributed by atoms with Crippen LogP contribution in [0.4, 0.5) is 4.79 Å². The van der Waals surface area contributed by atoms with Crippen molar-refractivity contribution in [3.63, 3.8) is 0 Å². The fourth-order valence-corrected chi connectivity index (χ4v) is 3.78. The number of rotatable bonds is 1. The summed E-state index contributed by atoms with van der Waals surface area (Å²) in [4.78, 5) is 27.7. The van der Waals surface area contributed by atoms with Gasteiger partial charge in [-0.25, -0.2) is 9.31 Å². The Labute approximate surface area is 133 Å². The molecule has 1 aliphatic heterocycles. The van der Waals surface area contributed by atoms with Gasteiger partial charge in [0.15, 0.2) is 0 Å². The number of hydrogen-bond acceptors (Lipinski definition) is 3. The number of nitrogens with one attached hydrogen (secondary N) is 1. The molecule has 0 radical (unpaired) electrons. The van der Waals surface area contributed by atoms with E-state index in [1.165, 1.54) is 11.0 Å². The van der Waals surface area contributed by atoms with Gasteiger partial charge in [-0.05, 0) is 24.7 Å². The Morgan fingerprint density at radius 3 is 2.78 bits per heavy atom. The molecule has 1 saturated heterocycles. The molecule has 23 heavy (non-hydrogen) atoms. The second kappa shape index (κ2) is 5.11. The number of piperidine rings is 1. The zero-order valence-corrected chi connectivity index (χ0v) is 13.7. The highest BCUT2D eigenvalue weighted by Crippen LogP contribution is 2.49. The Morgan fingerprint density at radius 1 is 1.39 bits per heavy atom. The van der Waals surface area contributed by atoms with Crippen LogP contribution in [0, 0.1) is 5.41 Å². The fraction of sp³-hybridized carbons (Fsp3) is 0.562. The number of nitrogens with zero attached hydrogens (tertiary/aromatic N) is 3. The van der Waals surface area contributed by atoms with Crippen LogP contribution in [0.3, 0.4) is 0 Å². The van der Waals surface area contributed by atoms with Gasteiger partial charge in [-0.3, -0.25) is 9.69 Å². The van der Waals surface area contributed by atoms with Gasteiger partial charge in [0.25, 0.3) is 5.56 Å². The molecular weight excluding hydrogens is 296 g/mol. The third-order valence-electron chi connectivity index (χ3n) is 4.88. The first-order valence-electron chi connectivity index (χ1n) is 7.85. The number of likely N-dealkylation sites (tertiary alicyclic amines) is 1. The maximum absolute atomic E-state index is 11.9. The van der Waals surface area contributed by atoms with Gasteiger partial charge >= 0.3 is 6.09 Å². The van der Waals surface area contributed by atoms with Gasteiger partial charge in [0.2, 0.25) is 0 Å². The molecule has 124 valence electrons. The lowest BCUT2D eigenvalue weighted by Crippen LogP contribution is -2.59. The lowest BCUT2D eigenvalue weighted by atomic mass is 9.66. The maximum atomic E-state index is 11.9. The summed E-state index contributed by atoms with van der Waals surface area (Å²) < 4.78 is 1.60. The predicted octanol–water partition coefficient (Wildman–Crippen LogP) is 2.43. The molecule has 2 aromatic rings. The molecule has 7 nitrogen and oxygen atoms in total. The molecule has 0 aromatic carbocycles. The van der Waals surface area contributed by atoms with Crippen molar-refractivity contribution in [1.29, 1.82) is 0 Å². The van der Waals surface area contributed by atoms with Gasteiger partial charge < -0.3 is 10.1 Å². The minimum atomic E-state index is -0.926. The SMILES string of the molecule is CC(C)(C)[C@]1(c2cc3[nH]c(=O)ccn3n2)CCCCN1C(=O)O. The number of carboxylic acid groups (broad SMARTS) is 1. The third kappa shape index (κ3) is 2.31. The van der Waals surface area contributed by atoms with Crippen LogP contribution in [0.25, 0.3) is 5.65 Å². The number of fused-ring (bicyclic) bond motifs is 1. The maximum Gasteiger partial charge on any atom is 0.408 e. The average Bonchev–Trinajstić information content (AvgIpc) is 2.89. The summed E-state index contributed by atoms with van der Waals surface area (Å²) in [5.41, 5.74) is 0.0257. The van der Waals surface area contributed by atoms with E-state index in [-0.39, 0.29) is 11.0 Å². The smallest absolute Gasteiger partial charge is 0.408 e. The molecule has 1 fully saturated rings. The van der Waals surface area contributed by atoms with Gasteiger partial charge in [-0.2, -0.15) is 5.10 Å². The first kappa shape index (κ1) is 15.6. The summed E-state index contributed by atoms with van der Waals surface area (Å²) >= 11 is 0. The summed E-state index contributed by atoms with van der Waals surface area (Å²) in [6.07, 6.45) is 3.20. The van der Waals surface area contributed by atoms with Gasteiger partial charge in [0, 0.05) is 24.9 Å². The first-order chi connectivity index (χ1) is 10.8. The average molecular weight is 318 g/mol. The molecule has 2 N–H and O–H groups in total. The zero-order chi connectivity index (χ0) is 16.8. The molecule has 1 atom stereocenters. The van der Waals surface area contributed by atoms with Crippen molar-refractivity contribution in [2.24, 2.45) is 5.41 Å². The van der Waals surface area contributed by atoms with Crippen LogP contribution in [-0.4, -0.2) is 37.2 Å². The van der Waals surface area contributed by atoms with Crippen molar-refractivity contribution in [3.8, 4) is 0 Å². The summed E-state index contributed by atoms with van der Waals surface area (Å²) in [6.45, 7) is 6.63. The monoisotopic (exact) mass is 318 g/mol. The Kier molecular flexibility index (Phi) is 3.46. The highest BCUT2D eigenvalue weighted by atomic mass is 16.4. The quantitative estimate of drug-likeness (QED) is 0.845. The van der Waals surface area contributed by atoms with Gasteiger partial charge in [0.1, 0.15) is 5.65 Å². The Balaban J connectivity index is 2.25. The second-order valence-electron chi connectivity index (χ2n) is 7.17. The van der Waals surface area contributed by atoms with E-state index in [0.717, 1.165) is 19.3 Å². The Hall–Kier alpha value is -2.31. The predicted molar refractivity (Wildman–Crippen MR) is 85.5 cm³/mol. The van der Waals surface area contributed by atoms with Gasteiger partial charge in [-0.1, -0.05) is 20.8 Å². The molecule has 0 spiro atoms. The normalized spacial score (nSPS) is 22.5. The number of aromatic amines is 1. The van der Waals surface area contributed by atoms with Crippen molar-refractivity contribution < 1.29 is 9.90 Å². The number of H-pyrrole nitrogens is 1. The van der Waals surface area contributed by atoms with Gasteiger partial charge in [0.05, 0.1) is 11.2 Å². The molecule has 0 saturated carbocycles. The number of amides is 1. The van der Waals surface area contributed by atoms with Crippen LogP contribution < -0.4 is 5.56 Å². The van der Waals surface area contributed by atoms with E-state index in [0.29, 0.717) is 17.9 Å². The van der Waals surface area contributed by atoms with Crippen LogP contribution >= 0.6 is 0 Å². The van der Waals surface area contributed by atoms with Crippen molar-refractivity contribution in [3.05, 3.63) is 34.4 Å². The Bertz CT molecular complexity index is 801. The van der Waals surface area contributed by atoms with E-state index in [2.05, 4.69) is 10.1 Å². The highest BCUT2D eigenvalue weighted by molar-refractivity contribution is 5.67. The van der Waals surface area contributed by atoms with Crippen molar-refractivity contribution in [2.45, 2.75) is 45.6 Å². The van der Waals surface area contributed by atoms with Crippen LogP contribution in [-0.2, 0) is 5.54 Å². The van der Waals surface area contributed by atoms with E-state index in [1.807, 2.05) is 20.8 Å². The summed E-state index contributed by atoms with van der Waals surface area (Å²) in [5.74, 6) is 0. The molecule has 3 rings (SSSR count). The van der Waals surface area contributed by atoms with Crippen molar-refractivity contribution >= 4 is 11.7 Å². The van der Waals surface area contributed by atoms with Crippen LogP contribution in [0.15, 0.2) is 23.1 Å². The number of carbonyl (C=O) groups is 1. The number of aromatic nitrogens is 3. The van der Waals surface area contributed by atoms with Crippen molar-refractivity contribution in [1.82, 2.24) is 19.5 Å². The number of hydrogen-bond donors (Lipinski definition) is 2. The summed E-state index contributed by atoms with van der Waals surface area (Å²) in [6, 6.07) is 3.21. The van der Waals surface area contributed by atoms with E-state index in [1.54, 1.807) is 16.8 Å². The largest absolute Gasteiger partial charge is 0.465 e. The van der Waals surface area contributed by atoms with E-state index >= 15 is 0 Å². The molecule has 0 aliphatic carbocycles. The minimum Gasteiger partial charge on any atom is -0.465 e. The fourth-order valence-electron chi connectivity index (χ4n) is 3.78. The van der Waals surface area contributed by atoms with Crippen LogP contribution in [0.5, 0.6) is 0 Å². The van der Waals surface area contributed by atoms with Gasteiger partial charge in [-0.15, -0.1) is 0 Å². The molecule has 7 heteroatoms. The van der Waals surface area contributed by atoms with Crippen molar-refractivity contribution in [2.75, 3.05) is 6.54 Å². The minimum absolute atomic E-state index is 0.201. The van der Waals surface area contributed by atoms with Crippen LogP contribution in [0.2, 0.25) is 0 Å². The third-order valence-corrected chi connectivity index (χ3v) is 4.88. The zero-order valence-electron chi connectivity index (χ0n) is 13.7. The lowest BCUT2D eigenvalue weighted by molar-refractivity contribution is -0.0324. The van der Waals surface area contributed by atoms with Crippen LogP contribution in [0.1, 0.15) is 45.7 Å². The molecule has 0 bridgehead atoms. The van der Waals surface area contributed by atoms with E-state index < -0.39 is 11.6 Å². The molecule has 2 aromatic heterocycles. The van der Waals surface area contributed by atoms with E-state index in [4.69, 9.17) is 0 Å². The van der Waals surface area contributed by atoms with E-state index in [9.17, 15) is 14.7 Å². The highest BCUT2D eigenvalue weighted by Gasteiger charge is 2.53. The summed E-state index contributed by atoms with van der Waals surface area (Å²) in [5, 5.41) is 14.3. The lowest BCUT2D eigenvalue weighted by Gasteiger charge is -2.52. The first-order valence-corrected chi connectivity index (χ1v) is 7.85. The molecular formula is C16H22N4O3. The second-order valence-corrected chi connectivity index (χ2v) is 7.17. The molecule has 1 amide bonds.